The molecule has 1 unspecified atom stereocenters. The van der Waals surface area contributed by atoms with E-state index >= 15 is 0 Å². The molecule has 228 valence electrons. The van der Waals surface area contributed by atoms with Gasteiger partial charge in [0.25, 0.3) is 0 Å². The summed E-state index contributed by atoms with van der Waals surface area (Å²) in [6.07, 6.45) is -0.315. The van der Waals surface area contributed by atoms with Crippen LogP contribution in [0.25, 0.3) is 0 Å². The van der Waals surface area contributed by atoms with Crippen LogP contribution in [-0.2, 0) is 23.2 Å². The largest absolute Gasteiger partial charge is 0.409 e. The molecular formula is C29H59N3O5Si2. The molecule has 0 aromatic rings. The summed E-state index contributed by atoms with van der Waals surface area (Å²) in [5.41, 5.74) is -0.500. The van der Waals surface area contributed by atoms with Gasteiger partial charge in [0.1, 0.15) is 12.1 Å². The lowest BCUT2D eigenvalue weighted by atomic mass is 9.81. The normalized spacial score (nSPS) is 21.6. The van der Waals surface area contributed by atoms with Crippen molar-refractivity contribution in [1.82, 2.24) is 15.5 Å². The minimum absolute atomic E-state index is 0.00160. The van der Waals surface area contributed by atoms with Crippen molar-refractivity contribution in [2.24, 2.45) is 5.41 Å². The van der Waals surface area contributed by atoms with Gasteiger partial charge in [-0.1, -0.05) is 62.3 Å². The molecule has 0 bridgehead atoms. The van der Waals surface area contributed by atoms with E-state index in [1.165, 1.54) is 6.92 Å². The van der Waals surface area contributed by atoms with E-state index in [9.17, 15) is 14.4 Å². The van der Waals surface area contributed by atoms with Crippen molar-refractivity contribution >= 4 is 34.4 Å². The summed E-state index contributed by atoms with van der Waals surface area (Å²) in [7, 11) is -4.65. The highest BCUT2D eigenvalue weighted by molar-refractivity contribution is 6.74. The quantitative estimate of drug-likeness (QED) is 0.351. The standard InChI is InChI=1S/C29H59N3O5Si2/c1-20(33)30-17-22(34)32-18-21(36-38(13,14)27(5,6)7)24(37-39(15,16)28(8,9)10)23(32)25(35)31-29(11,12)19-26(2,3)4/h21,23-24H,17-19H2,1-16H3,(H,30,33)(H,31,35)/t21-,23?,24+/m0/s1. The van der Waals surface area contributed by atoms with Gasteiger partial charge in [-0.3, -0.25) is 14.4 Å². The van der Waals surface area contributed by atoms with Crippen molar-refractivity contribution in [2.45, 2.75) is 150 Å². The molecule has 3 atom stereocenters. The number of likely N-dealkylation sites (tertiary alicyclic amines) is 1. The van der Waals surface area contributed by atoms with Gasteiger partial charge in [-0.15, -0.1) is 0 Å². The molecule has 0 aliphatic carbocycles. The highest BCUT2D eigenvalue weighted by Gasteiger charge is 2.55. The molecule has 10 heteroatoms. The third-order valence-corrected chi connectivity index (χ3v) is 17.4. The predicted octanol–water partition coefficient (Wildman–Crippen LogP) is 5.45. The number of nitrogens with zero attached hydrogens (tertiary/aromatic N) is 1. The summed E-state index contributed by atoms with van der Waals surface area (Å²) in [5, 5.41) is 5.69. The summed E-state index contributed by atoms with van der Waals surface area (Å²) < 4.78 is 13.9. The van der Waals surface area contributed by atoms with Gasteiger partial charge in [0.05, 0.1) is 12.6 Å². The first-order valence-corrected chi connectivity index (χ1v) is 20.1. The minimum atomic E-state index is -2.37. The monoisotopic (exact) mass is 585 g/mol. The van der Waals surface area contributed by atoms with Crippen molar-refractivity contribution in [3.05, 3.63) is 0 Å². The molecular weight excluding hydrogens is 527 g/mol. The molecule has 1 aliphatic rings. The van der Waals surface area contributed by atoms with Crippen molar-refractivity contribution < 1.29 is 23.2 Å². The average molecular weight is 586 g/mol. The fourth-order valence-electron chi connectivity index (χ4n) is 4.74. The second-order valence-corrected chi connectivity index (χ2v) is 25.8. The number of carbonyl (C=O) groups excluding carboxylic acids is 3. The maximum Gasteiger partial charge on any atom is 0.245 e. The van der Waals surface area contributed by atoms with E-state index in [0.29, 0.717) is 0 Å². The van der Waals surface area contributed by atoms with E-state index in [0.717, 1.165) is 6.42 Å². The number of amides is 3. The smallest absolute Gasteiger partial charge is 0.245 e. The van der Waals surface area contributed by atoms with Crippen LogP contribution in [-0.4, -0.2) is 76.1 Å². The number of hydrogen-bond donors (Lipinski definition) is 2. The lowest BCUT2D eigenvalue weighted by Gasteiger charge is -2.44. The van der Waals surface area contributed by atoms with Crippen LogP contribution in [0.4, 0.5) is 0 Å². The Morgan fingerprint density at radius 2 is 1.28 bits per heavy atom. The van der Waals surface area contributed by atoms with E-state index in [-0.39, 0.29) is 46.3 Å². The second kappa shape index (κ2) is 11.9. The van der Waals surface area contributed by atoms with Crippen molar-refractivity contribution in [1.29, 1.82) is 0 Å². The Labute approximate surface area is 241 Å². The minimum Gasteiger partial charge on any atom is -0.409 e. The fourth-order valence-corrected chi connectivity index (χ4v) is 7.37. The first-order valence-electron chi connectivity index (χ1n) is 14.3. The van der Waals surface area contributed by atoms with E-state index in [4.69, 9.17) is 8.85 Å². The molecule has 2 N–H and O–H groups in total. The van der Waals surface area contributed by atoms with Crippen LogP contribution in [0.1, 0.15) is 89.5 Å². The van der Waals surface area contributed by atoms with Gasteiger partial charge in [0.2, 0.25) is 17.7 Å². The highest BCUT2D eigenvalue weighted by atomic mass is 28.4. The Morgan fingerprint density at radius 1 is 0.821 bits per heavy atom. The van der Waals surface area contributed by atoms with E-state index < -0.39 is 40.4 Å². The Morgan fingerprint density at radius 3 is 1.69 bits per heavy atom. The molecule has 0 aromatic heterocycles. The van der Waals surface area contributed by atoms with Crippen LogP contribution >= 0.6 is 0 Å². The van der Waals surface area contributed by atoms with Crippen molar-refractivity contribution in [2.75, 3.05) is 13.1 Å². The topological polar surface area (TPSA) is 97.0 Å². The Balaban J connectivity index is 3.64. The van der Waals surface area contributed by atoms with Gasteiger partial charge in [-0.05, 0) is 61.9 Å². The summed E-state index contributed by atoms with van der Waals surface area (Å²) in [6, 6.07) is -0.866. The predicted molar refractivity (Wildman–Crippen MR) is 165 cm³/mol. The zero-order valence-electron chi connectivity index (χ0n) is 27.8. The zero-order chi connectivity index (χ0) is 31.0. The molecule has 0 spiro atoms. The number of carbonyl (C=O) groups is 3. The molecule has 1 fully saturated rings. The molecule has 0 aromatic carbocycles. The molecule has 1 heterocycles. The van der Waals surface area contributed by atoms with Crippen molar-refractivity contribution in [3.8, 4) is 0 Å². The molecule has 39 heavy (non-hydrogen) atoms. The van der Waals surface area contributed by atoms with E-state index in [2.05, 4.69) is 99.1 Å². The fraction of sp³-hybridized carbons (Fsp3) is 0.897. The van der Waals surface area contributed by atoms with Crippen LogP contribution in [0.5, 0.6) is 0 Å². The first-order chi connectivity index (χ1) is 17.1. The van der Waals surface area contributed by atoms with Crippen LogP contribution in [0.3, 0.4) is 0 Å². The van der Waals surface area contributed by atoms with Gasteiger partial charge in [-0.2, -0.15) is 0 Å². The van der Waals surface area contributed by atoms with Gasteiger partial charge in [0.15, 0.2) is 16.6 Å². The zero-order valence-corrected chi connectivity index (χ0v) is 29.8. The maximum absolute atomic E-state index is 14.2. The summed E-state index contributed by atoms with van der Waals surface area (Å²) in [4.78, 5) is 40.9. The van der Waals surface area contributed by atoms with Gasteiger partial charge >= 0.3 is 0 Å². The maximum atomic E-state index is 14.2. The lowest BCUT2D eigenvalue weighted by Crippen LogP contribution is -2.60. The van der Waals surface area contributed by atoms with Crippen LogP contribution in [0.15, 0.2) is 0 Å². The van der Waals surface area contributed by atoms with E-state index in [1.807, 2.05) is 13.8 Å². The average Bonchev–Trinajstić information content (AvgIpc) is 2.98. The Bertz CT molecular complexity index is 898. The molecule has 0 radical (unpaired) electrons. The molecule has 3 amide bonds. The van der Waals surface area contributed by atoms with E-state index in [1.54, 1.807) is 4.90 Å². The number of rotatable bonds is 9. The second-order valence-electron chi connectivity index (χ2n) is 16.3. The van der Waals surface area contributed by atoms with Gasteiger partial charge in [0, 0.05) is 19.0 Å². The Hall–Kier alpha value is -1.24. The summed E-state index contributed by atoms with van der Waals surface area (Å²) >= 11 is 0. The van der Waals surface area contributed by atoms with Crippen LogP contribution in [0.2, 0.25) is 36.3 Å². The van der Waals surface area contributed by atoms with Crippen LogP contribution in [0, 0.1) is 5.41 Å². The van der Waals surface area contributed by atoms with Crippen molar-refractivity contribution in [3.63, 3.8) is 0 Å². The highest BCUT2D eigenvalue weighted by Crippen LogP contribution is 2.43. The lowest BCUT2D eigenvalue weighted by molar-refractivity contribution is -0.141. The third kappa shape index (κ3) is 9.97. The SMILES string of the molecule is CC(=O)NCC(=O)N1C[C@H](O[Si](C)(C)C(C)(C)C)[C@@H](O[Si](C)(C)C(C)(C)C)C1C(=O)NC(C)(C)CC(C)(C)C. The molecule has 1 rings (SSSR count). The first kappa shape index (κ1) is 35.8. The van der Waals surface area contributed by atoms with Crippen LogP contribution < -0.4 is 10.6 Å². The number of nitrogens with one attached hydrogen (secondary N) is 2. The van der Waals surface area contributed by atoms with Gasteiger partial charge in [-0.25, -0.2) is 0 Å². The summed E-state index contributed by atoms with van der Waals surface area (Å²) in [5.74, 6) is -0.854. The molecule has 8 nitrogen and oxygen atoms in total. The van der Waals surface area contributed by atoms with Gasteiger partial charge < -0.3 is 24.4 Å². The Kier molecular flexibility index (Phi) is 11.0. The summed E-state index contributed by atoms with van der Waals surface area (Å²) in [6.45, 7) is 33.6. The number of hydrogen-bond acceptors (Lipinski definition) is 5. The molecule has 1 aliphatic heterocycles. The molecule has 0 saturated carbocycles. The molecule has 1 saturated heterocycles. The third-order valence-electron chi connectivity index (χ3n) is 8.39.